The van der Waals surface area contributed by atoms with Gasteiger partial charge < -0.3 is 15.1 Å². The van der Waals surface area contributed by atoms with Crippen LogP contribution in [0.5, 0.6) is 0 Å². The first-order valence-corrected chi connectivity index (χ1v) is 12.1. The lowest BCUT2D eigenvalue weighted by Crippen LogP contribution is -2.56. The lowest BCUT2D eigenvalue weighted by molar-refractivity contribution is -0.139. The average Bonchev–Trinajstić information content (AvgIpc) is 3.03. The molecule has 7 heteroatoms. The van der Waals surface area contributed by atoms with E-state index in [-0.39, 0.29) is 23.9 Å². The Kier molecular flexibility index (Phi) is 6.84. The van der Waals surface area contributed by atoms with Gasteiger partial charge in [-0.15, -0.1) is 0 Å². The number of likely N-dealkylation sites (tertiary alicyclic amines) is 2. The SMILES string of the molecule is CC(C)CC(=O)N1CCC[C@@H](N2C(=O)NC3(CCN(CCc4ccccc4)CC3)C2=O)C1. The minimum atomic E-state index is -0.773. The van der Waals surface area contributed by atoms with Crippen LogP contribution in [0.1, 0.15) is 51.5 Å². The third-order valence-electron chi connectivity index (χ3n) is 7.16. The van der Waals surface area contributed by atoms with E-state index < -0.39 is 5.54 Å². The number of nitrogens with zero attached hydrogens (tertiary/aromatic N) is 3. The molecule has 3 saturated heterocycles. The van der Waals surface area contributed by atoms with Gasteiger partial charge in [-0.2, -0.15) is 0 Å². The molecule has 0 aliphatic carbocycles. The first-order chi connectivity index (χ1) is 15.4. The molecular weight excluding hydrogens is 404 g/mol. The maximum absolute atomic E-state index is 13.5. The Labute approximate surface area is 191 Å². The second kappa shape index (κ2) is 9.61. The molecule has 32 heavy (non-hydrogen) atoms. The summed E-state index contributed by atoms with van der Waals surface area (Å²) in [5.41, 5.74) is 0.544. The Hall–Kier alpha value is -2.41. The van der Waals surface area contributed by atoms with Gasteiger partial charge in [0.15, 0.2) is 0 Å². The van der Waals surface area contributed by atoms with Gasteiger partial charge in [0, 0.05) is 39.1 Å². The van der Waals surface area contributed by atoms with Gasteiger partial charge >= 0.3 is 6.03 Å². The molecule has 0 radical (unpaired) electrons. The number of rotatable bonds is 6. The van der Waals surface area contributed by atoms with Crippen LogP contribution in [0.4, 0.5) is 4.79 Å². The summed E-state index contributed by atoms with van der Waals surface area (Å²) in [6, 6.07) is 9.93. The zero-order chi connectivity index (χ0) is 22.7. The molecular formula is C25H36N4O3. The molecule has 0 unspecified atom stereocenters. The van der Waals surface area contributed by atoms with E-state index in [1.807, 2.05) is 24.8 Å². The minimum absolute atomic E-state index is 0.0895. The van der Waals surface area contributed by atoms with Gasteiger partial charge in [-0.25, -0.2) is 4.79 Å². The Morgan fingerprint density at radius 1 is 1.12 bits per heavy atom. The molecule has 7 nitrogen and oxygen atoms in total. The summed E-state index contributed by atoms with van der Waals surface area (Å²) in [5, 5.41) is 3.04. The number of benzene rings is 1. The number of nitrogens with one attached hydrogen (secondary N) is 1. The Morgan fingerprint density at radius 2 is 1.84 bits per heavy atom. The first kappa shape index (κ1) is 22.8. The highest BCUT2D eigenvalue weighted by atomic mass is 16.2. The van der Waals surface area contributed by atoms with Crippen LogP contribution in [0, 0.1) is 5.92 Å². The lowest BCUT2D eigenvalue weighted by atomic mass is 9.87. The normalized spacial score (nSPS) is 23.8. The van der Waals surface area contributed by atoms with Crippen LogP contribution in [0.3, 0.4) is 0 Å². The predicted octanol–water partition coefficient (Wildman–Crippen LogP) is 2.65. The van der Waals surface area contributed by atoms with Crippen LogP contribution in [0.15, 0.2) is 30.3 Å². The monoisotopic (exact) mass is 440 g/mol. The zero-order valence-corrected chi connectivity index (χ0v) is 19.4. The summed E-state index contributed by atoms with van der Waals surface area (Å²) >= 11 is 0. The molecule has 0 aromatic heterocycles. The van der Waals surface area contributed by atoms with Crippen molar-refractivity contribution in [3.8, 4) is 0 Å². The topological polar surface area (TPSA) is 73.0 Å². The number of urea groups is 1. The molecule has 3 aliphatic rings. The van der Waals surface area contributed by atoms with Crippen molar-refractivity contribution in [1.82, 2.24) is 20.0 Å². The number of carbonyl (C=O) groups excluding carboxylic acids is 3. The fourth-order valence-electron chi connectivity index (χ4n) is 5.27. The maximum atomic E-state index is 13.5. The summed E-state index contributed by atoms with van der Waals surface area (Å²) < 4.78 is 0. The molecule has 4 amide bonds. The van der Waals surface area contributed by atoms with Crippen molar-refractivity contribution in [2.45, 2.75) is 64.0 Å². The van der Waals surface area contributed by atoms with Crippen molar-refractivity contribution in [3.63, 3.8) is 0 Å². The van der Waals surface area contributed by atoms with Crippen molar-refractivity contribution in [2.24, 2.45) is 5.92 Å². The van der Waals surface area contributed by atoms with Gasteiger partial charge in [-0.1, -0.05) is 44.2 Å². The minimum Gasteiger partial charge on any atom is -0.341 e. The number of piperidine rings is 2. The van der Waals surface area contributed by atoms with Crippen LogP contribution >= 0.6 is 0 Å². The molecule has 174 valence electrons. The third kappa shape index (κ3) is 4.82. The third-order valence-corrected chi connectivity index (χ3v) is 7.16. The van der Waals surface area contributed by atoms with Gasteiger partial charge in [-0.05, 0) is 43.6 Å². The molecule has 0 bridgehead atoms. The van der Waals surface area contributed by atoms with Crippen LogP contribution in [-0.4, -0.2) is 76.8 Å². The summed E-state index contributed by atoms with van der Waals surface area (Å²) in [4.78, 5) is 44.5. The number of imide groups is 1. The molecule has 3 fully saturated rings. The van der Waals surface area contributed by atoms with Crippen molar-refractivity contribution in [2.75, 3.05) is 32.7 Å². The largest absolute Gasteiger partial charge is 0.341 e. The fraction of sp³-hybridized carbons (Fsp3) is 0.640. The van der Waals surface area contributed by atoms with E-state index in [2.05, 4.69) is 34.5 Å². The van der Waals surface area contributed by atoms with Crippen molar-refractivity contribution < 1.29 is 14.4 Å². The van der Waals surface area contributed by atoms with E-state index in [0.29, 0.717) is 38.3 Å². The molecule has 1 spiro atoms. The van der Waals surface area contributed by atoms with E-state index in [4.69, 9.17) is 0 Å². The Balaban J connectivity index is 1.34. The molecule has 1 aromatic carbocycles. The van der Waals surface area contributed by atoms with E-state index in [0.717, 1.165) is 38.9 Å². The summed E-state index contributed by atoms with van der Waals surface area (Å²) in [5.74, 6) is 0.335. The highest BCUT2D eigenvalue weighted by molar-refractivity contribution is 6.07. The Morgan fingerprint density at radius 3 is 2.53 bits per heavy atom. The smallest absolute Gasteiger partial charge is 0.325 e. The summed E-state index contributed by atoms with van der Waals surface area (Å²) in [6.45, 7) is 7.81. The molecule has 3 aliphatic heterocycles. The highest BCUT2D eigenvalue weighted by Gasteiger charge is 2.54. The van der Waals surface area contributed by atoms with E-state index >= 15 is 0 Å². The van der Waals surface area contributed by atoms with Crippen LogP contribution in [0.25, 0.3) is 0 Å². The standard InChI is InChI=1S/C25H36N4O3/c1-19(2)17-22(30)28-13-6-9-21(18-28)29-23(31)25(26-24(29)32)11-15-27(16-12-25)14-10-20-7-4-3-5-8-20/h3-5,7-8,19,21H,6,9-18H2,1-2H3,(H,26,32)/t21-/m1/s1. The van der Waals surface area contributed by atoms with Gasteiger partial charge in [0.2, 0.25) is 5.91 Å². The predicted molar refractivity (Wildman–Crippen MR) is 123 cm³/mol. The number of hydrogen-bond donors (Lipinski definition) is 1. The van der Waals surface area contributed by atoms with Gasteiger partial charge in [0.1, 0.15) is 5.54 Å². The van der Waals surface area contributed by atoms with Crippen LogP contribution < -0.4 is 5.32 Å². The molecule has 1 atom stereocenters. The zero-order valence-electron chi connectivity index (χ0n) is 19.4. The fourth-order valence-corrected chi connectivity index (χ4v) is 5.27. The van der Waals surface area contributed by atoms with Crippen LogP contribution in [-0.2, 0) is 16.0 Å². The second-order valence-corrected chi connectivity index (χ2v) is 10.00. The van der Waals surface area contributed by atoms with E-state index in [1.165, 1.54) is 10.5 Å². The van der Waals surface area contributed by atoms with E-state index in [9.17, 15) is 14.4 Å². The maximum Gasteiger partial charge on any atom is 0.325 e. The molecule has 3 heterocycles. The van der Waals surface area contributed by atoms with Crippen molar-refractivity contribution >= 4 is 17.8 Å². The second-order valence-electron chi connectivity index (χ2n) is 10.00. The van der Waals surface area contributed by atoms with E-state index in [1.54, 1.807) is 0 Å². The quantitative estimate of drug-likeness (QED) is 0.691. The first-order valence-electron chi connectivity index (χ1n) is 12.1. The van der Waals surface area contributed by atoms with Gasteiger partial charge in [0.25, 0.3) is 5.91 Å². The molecule has 0 saturated carbocycles. The molecule has 1 aromatic rings. The molecule has 1 N–H and O–H groups in total. The Bertz CT molecular complexity index is 833. The highest BCUT2D eigenvalue weighted by Crippen LogP contribution is 2.32. The average molecular weight is 441 g/mol. The van der Waals surface area contributed by atoms with Gasteiger partial charge in [-0.3, -0.25) is 14.5 Å². The van der Waals surface area contributed by atoms with Gasteiger partial charge in [0.05, 0.1) is 6.04 Å². The van der Waals surface area contributed by atoms with Crippen LogP contribution in [0.2, 0.25) is 0 Å². The van der Waals surface area contributed by atoms with Crippen molar-refractivity contribution in [1.29, 1.82) is 0 Å². The molecule has 4 rings (SSSR count). The number of carbonyl (C=O) groups is 3. The van der Waals surface area contributed by atoms with Crippen molar-refractivity contribution in [3.05, 3.63) is 35.9 Å². The summed E-state index contributed by atoms with van der Waals surface area (Å²) in [6.07, 6.45) is 4.38. The summed E-state index contributed by atoms with van der Waals surface area (Å²) in [7, 11) is 0. The number of hydrogen-bond acceptors (Lipinski definition) is 4. The number of amides is 4. The lowest BCUT2D eigenvalue weighted by Gasteiger charge is -2.39.